The number of hydrogen-bond donors (Lipinski definition) is 2. The number of anilines is 1. The van der Waals surface area contributed by atoms with Crippen LogP contribution >= 0.6 is 11.3 Å². The summed E-state index contributed by atoms with van der Waals surface area (Å²) < 4.78 is 0. The molecule has 1 heterocycles. The third kappa shape index (κ3) is 4.29. The molecule has 0 saturated heterocycles. The molecule has 84 valence electrons. The number of nitrogens with zero attached hydrogens (tertiary/aromatic N) is 1. The van der Waals surface area contributed by atoms with Crippen LogP contribution < -0.4 is 11.1 Å². The Kier molecular flexibility index (Phi) is 4.55. The highest BCUT2D eigenvalue weighted by Gasteiger charge is 2.09. The first-order valence-corrected chi connectivity index (χ1v) is 5.99. The van der Waals surface area contributed by atoms with Crippen molar-refractivity contribution >= 4 is 22.4 Å². The molecule has 5 heteroatoms. The summed E-state index contributed by atoms with van der Waals surface area (Å²) >= 11 is 1.36. The van der Waals surface area contributed by atoms with Gasteiger partial charge < -0.3 is 11.1 Å². The number of nitrogen functional groups attached to an aromatic ring is 1. The van der Waals surface area contributed by atoms with Gasteiger partial charge in [0.15, 0.2) is 5.13 Å². The predicted octanol–water partition coefficient (Wildman–Crippen LogP) is 1.57. The van der Waals surface area contributed by atoms with Crippen LogP contribution in [0.4, 0.5) is 5.13 Å². The summed E-state index contributed by atoms with van der Waals surface area (Å²) in [5, 5.41) is 5.26. The molecule has 1 rings (SSSR count). The van der Waals surface area contributed by atoms with Gasteiger partial charge in [-0.1, -0.05) is 13.3 Å². The summed E-state index contributed by atoms with van der Waals surface area (Å²) in [4.78, 5) is 15.6. The molecule has 0 aliphatic heterocycles. The monoisotopic (exact) mass is 227 g/mol. The maximum atomic E-state index is 11.5. The summed E-state index contributed by atoms with van der Waals surface area (Å²) in [6.45, 7) is 4.11. The van der Waals surface area contributed by atoms with E-state index in [-0.39, 0.29) is 11.9 Å². The van der Waals surface area contributed by atoms with Gasteiger partial charge >= 0.3 is 0 Å². The van der Waals surface area contributed by atoms with Crippen LogP contribution in [0.5, 0.6) is 0 Å². The normalized spacial score (nSPS) is 12.4. The summed E-state index contributed by atoms with van der Waals surface area (Å²) in [6, 6.07) is 0.235. The number of carbonyl (C=O) groups excluding carboxylic acids is 1. The fourth-order valence-corrected chi connectivity index (χ4v) is 1.96. The van der Waals surface area contributed by atoms with E-state index < -0.39 is 0 Å². The van der Waals surface area contributed by atoms with Crippen molar-refractivity contribution in [2.24, 2.45) is 0 Å². The number of hydrogen-bond acceptors (Lipinski definition) is 4. The van der Waals surface area contributed by atoms with Crippen molar-refractivity contribution in [2.45, 2.75) is 39.2 Å². The number of nitrogens with two attached hydrogens (primary N) is 1. The van der Waals surface area contributed by atoms with Crippen LogP contribution in [0.15, 0.2) is 5.38 Å². The second-order valence-electron chi connectivity index (χ2n) is 3.61. The second-order valence-corrected chi connectivity index (χ2v) is 4.50. The molecule has 0 fully saturated rings. The molecule has 0 bridgehead atoms. The topological polar surface area (TPSA) is 68.0 Å². The highest BCUT2D eigenvalue weighted by molar-refractivity contribution is 7.13. The Balaban J connectivity index is 2.36. The van der Waals surface area contributed by atoms with Crippen molar-refractivity contribution in [3.63, 3.8) is 0 Å². The third-order valence-corrected chi connectivity index (χ3v) is 2.76. The van der Waals surface area contributed by atoms with Crippen molar-refractivity contribution in [1.82, 2.24) is 10.3 Å². The first-order valence-electron chi connectivity index (χ1n) is 5.11. The van der Waals surface area contributed by atoms with E-state index in [2.05, 4.69) is 17.2 Å². The van der Waals surface area contributed by atoms with Gasteiger partial charge in [0.2, 0.25) is 5.91 Å². The molecule has 0 aliphatic rings. The number of amides is 1. The molecular weight excluding hydrogens is 210 g/mol. The molecule has 0 aromatic carbocycles. The lowest BCUT2D eigenvalue weighted by atomic mass is 10.2. The van der Waals surface area contributed by atoms with E-state index in [1.165, 1.54) is 11.3 Å². The van der Waals surface area contributed by atoms with Gasteiger partial charge in [0.1, 0.15) is 0 Å². The van der Waals surface area contributed by atoms with E-state index in [0.29, 0.717) is 11.6 Å². The summed E-state index contributed by atoms with van der Waals surface area (Å²) in [7, 11) is 0. The van der Waals surface area contributed by atoms with Crippen molar-refractivity contribution in [3.8, 4) is 0 Å². The molecular formula is C10H17N3OS. The van der Waals surface area contributed by atoms with Crippen LogP contribution in [-0.4, -0.2) is 16.9 Å². The molecule has 1 aromatic rings. The molecule has 15 heavy (non-hydrogen) atoms. The highest BCUT2D eigenvalue weighted by Crippen LogP contribution is 2.11. The molecule has 1 amide bonds. The van der Waals surface area contributed by atoms with E-state index in [9.17, 15) is 4.79 Å². The van der Waals surface area contributed by atoms with Gasteiger partial charge in [0.05, 0.1) is 12.1 Å². The fraction of sp³-hybridized carbons (Fsp3) is 0.600. The van der Waals surface area contributed by atoms with E-state index in [1.807, 2.05) is 12.3 Å². The lowest BCUT2D eigenvalue weighted by Gasteiger charge is -2.11. The van der Waals surface area contributed by atoms with Crippen LogP contribution in [0, 0.1) is 0 Å². The zero-order valence-electron chi connectivity index (χ0n) is 9.12. The predicted molar refractivity (Wildman–Crippen MR) is 62.7 cm³/mol. The minimum atomic E-state index is 0.0150. The average molecular weight is 227 g/mol. The van der Waals surface area contributed by atoms with Crippen molar-refractivity contribution in [1.29, 1.82) is 0 Å². The molecule has 1 aromatic heterocycles. The van der Waals surface area contributed by atoms with Crippen LogP contribution in [0.3, 0.4) is 0 Å². The average Bonchev–Trinajstić information content (AvgIpc) is 2.51. The molecule has 3 N–H and O–H groups in total. The summed E-state index contributed by atoms with van der Waals surface area (Å²) in [5.74, 6) is 0.0150. The highest BCUT2D eigenvalue weighted by atomic mass is 32.1. The maximum Gasteiger partial charge on any atom is 0.226 e. The number of thiazole rings is 1. The van der Waals surface area contributed by atoms with Crippen molar-refractivity contribution in [2.75, 3.05) is 5.73 Å². The molecule has 0 spiro atoms. The Bertz CT molecular complexity index is 324. The van der Waals surface area contributed by atoms with Crippen molar-refractivity contribution < 1.29 is 4.79 Å². The number of aromatic nitrogens is 1. The van der Waals surface area contributed by atoms with Gasteiger partial charge in [-0.25, -0.2) is 4.98 Å². The Morgan fingerprint density at radius 1 is 1.73 bits per heavy atom. The quantitative estimate of drug-likeness (QED) is 0.802. The zero-order chi connectivity index (χ0) is 11.3. The molecule has 4 nitrogen and oxygen atoms in total. The Labute approximate surface area is 93.9 Å². The fourth-order valence-electron chi connectivity index (χ4n) is 1.40. The third-order valence-electron chi connectivity index (χ3n) is 2.04. The van der Waals surface area contributed by atoms with Gasteiger partial charge in [-0.15, -0.1) is 11.3 Å². The Morgan fingerprint density at radius 2 is 2.47 bits per heavy atom. The van der Waals surface area contributed by atoms with Gasteiger partial charge in [-0.05, 0) is 13.3 Å². The summed E-state index contributed by atoms with van der Waals surface area (Å²) in [6.07, 6.45) is 2.40. The first-order chi connectivity index (χ1) is 7.11. The van der Waals surface area contributed by atoms with Gasteiger partial charge in [0, 0.05) is 11.4 Å². The number of nitrogens with one attached hydrogen (secondary N) is 1. The van der Waals surface area contributed by atoms with Gasteiger partial charge in [-0.3, -0.25) is 4.79 Å². The van der Waals surface area contributed by atoms with E-state index >= 15 is 0 Å². The minimum Gasteiger partial charge on any atom is -0.375 e. The van der Waals surface area contributed by atoms with E-state index in [4.69, 9.17) is 5.73 Å². The number of rotatable bonds is 5. The van der Waals surface area contributed by atoms with Gasteiger partial charge in [-0.2, -0.15) is 0 Å². The molecule has 0 saturated carbocycles. The Hall–Kier alpha value is -1.10. The van der Waals surface area contributed by atoms with Crippen LogP contribution in [0.2, 0.25) is 0 Å². The smallest absolute Gasteiger partial charge is 0.226 e. The number of carbonyl (C=O) groups is 1. The molecule has 0 radical (unpaired) electrons. The minimum absolute atomic E-state index is 0.0150. The van der Waals surface area contributed by atoms with Crippen molar-refractivity contribution in [3.05, 3.63) is 11.1 Å². The maximum absolute atomic E-state index is 11.5. The van der Waals surface area contributed by atoms with Crippen LogP contribution in [0.25, 0.3) is 0 Å². The van der Waals surface area contributed by atoms with E-state index in [1.54, 1.807) is 0 Å². The molecule has 0 aliphatic carbocycles. The summed E-state index contributed by atoms with van der Waals surface area (Å²) in [5.41, 5.74) is 6.23. The molecule has 1 unspecified atom stereocenters. The lowest BCUT2D eigenvalue weighted by molar-refractivity contribution is -0.121. The van der Waals surface area contributed by atoms with Crippen LogP contribution in [0.1, 0.15) is 32.4 Å². The standard InChI is InChI=1S/C10H17N3OS/c1-3-4-7(2)12-9(14)5-8-6-15-10(11)13-8/h6-7H,3-5H2,1-2H3,(H2,11,13)(H,12,14). The van der Waals surface area contributed by atoms with Gasteiger partial charge in [0.25, 0.3) is 0 Å². The zero-order valence-corrected chi connectivity index (χ0v) is 9.93. The first kappa shape index (κ1) is 12.0. The SMILES string of the molecule is CCCC(C)NC(=O)Cc1csc(N)n1. The largest absolute Gasteiger partial charge is 0.375 e. The lowest BCUT2D eigenvalue weighted by Crippen LogP contribution is -2.33. The Morgan fingerprint density at radius 3 is 3.00 bits per heavy atom. The van der Waals surface area contributed by atoms with E-state index in [0.717, 1.165) is 18.5 Å². The van der Waals surface area contributed by atoms with Crippen LogP contribution in [-0.2, 0) is 11.2 Å². The molecule has 1 atom stereocenters. The second kappa shape index (κ2) is 5.70.